The molecule has 0 fully saturated rings. The molecule has 0 saturated heterocycles. The highest BCUT2D eigenvalue weighted by molar-refractivity contribution is 6.06. The lowest BCUT2D eigenvalue weighted by molar-refractivity contribution is 0.101. The Balaban J connectivity index is 2.11. The van der Waals surface area contributed by atoms with E-state index in [2.05, 4.69) is 5.32 Å². The highest BCUT2D eigenvalue weighted by atomic mass is 16.5. The van der Waals surface area contributed by atoms with E-state index in [1.807, 2.05) is 51.1 Å². The van der Waals surface area contributed by atoms with Gasteiger partial charge in [-0.2, -0.15) is 0 Å². The van der Waals surface area contributed by atoms with Crippen LogP contribution in [0.2, 0.25) is 0 Å². The number of carbonyl (C=O) groups excluding carboxylic acids is 1. The molecule has 0 aliphatic heterocycles. The van der Waals surface area contributed by atoms with Gasteiger partial charge in [0.25, 0.3) is 5.91 Å². The number of ether oxygens (including phenoxy) is 3. The third kappa shape index (κ3) is 5.80. The van der Waals surface area contributed by atoms with Gasteiger partial charge in [-0.1, -0.05) is 24.3 Å². The number of hydrogen-bond acceptors (Lipinski definition) is 4. The minimum atomic E-state index is -0.239. The standard InChI is InChI=1S/C20H25NO4/c1-4-23-13-14-24-19-12-8-6-10-17(19)21-20(22)16-9-5-7-11-18(16)25-15(2)3/h5-12,15H,4,13-14H2,1-3H3,(H,21,22). The van der Waals surface area contributed by atoms with E-state index < -0.39 is 0 Å². The Morgan fingerprint density at radius 2 is 1.68 bits per heavy atom. The SMILES string of the molecule is CCOCCOc1ccccc1NC(=O)c1ccccc1OC(C)C. The highest BCUT2D eigenvalue weighted by Crippen LogP contribution is 2.26. The van der Waals surface area contributed by atoms with Gasteiger partial charge in [-0.3, -0.25) is 4.79 Å². The van der Waals surface area contributed by atoms with Gasteiger partial charge in [0.1, 0.15) is 18.1 Å². The van der Waals surface area contributed by atoms with Crippen molar-refractivity contribution in [1.29, 1.82) is 0 Å². The molecule has 2 rings (SSSR count). The number of rotatable bonds is 9. The van der Waals surface area contributed by atoms with Crippen LogP contribution in [-0.4, -0.2) is 31.8 Å². The molecule has 0 aliphatic rings. The molecule has 25 heavy (non-hydrogen) atoms. The second kappa shape index (κ2) is 9.69. The zero-order chi connectivity index (χ0) is 18.1. The maximum absolute atomic E-state index is 12.7. The summed E-state index contributed by atoms with van der Waals surface area (Å²) in [5.74, 6) is 0.930. The van der Waals surface area contributed by atoms with Gasteiger partial charge in [0, 0.05) is 6.61 Å². The van der Waals surface area contributed by atoms with E-state index >= 15 is 0 Å². The lowest BCUT2D eigenvalue weighted by Gasteiger charge is -2.15. The maximum atomic E-state index is 12.7. The molecular formula is C20H25NO4. The van der Waals surface area contributed by atoms with Crippen LogP contribution in [0, 0.1) is 0 Å². The van der Waals surface area contributed by atoms with Crippen LogP contribution in [0.15, 0.2) is 48.5 Å². The normalized spacial score (nSPS) is 10.6. The lowest BCUT2D eigenvalue weighted by Crippen LogP contribution is -2.16. The Kier molecular flexibility index (Phi) is 7.29. The molecule has 1 N–H and O–H groups in total. The molecule has 2 aromatic rings. The Bertz CT molecular complexity index is 685. The first kappa shape index (κ1) is 18.8. The van der Waals surface area contributed by atoms with Gasteiger partial charge < -0.3 is 19.5 Å². The average molecular weight is 343 g/mol. The van der Waals surface area contributed by atoms with Crippen LogP contribution < -0.4 is 14.8 Å². The lowest BCUT2D eigenvalue weighted by atomic mass is 10.1. The molecule has 0 saturated carbocycles. The molecular weight excluding hydrogens is 318 g/mol. The van der Waals surface area contributed by atoms with Gasteiger partial charge in [0.05, 0.1) is 24.0 Å². The second-order valence-corrected chi connectivity index (χ2v) is 5.66. The molecule has 134 valence electrons. The molecule has 0 atom stereocenters. The van der Waals surface area contributed by atoms with Gasteiger partial charge in [0.15, 0.2) is 0 Å². The summed E-state index contributed by atoms with van der Waals surface area (Å²) in [5, 5.41) is 2.90. The quantitative estimate of drug-likeness (QED) is 0.695. The first-order chi connectivity index (χ1) is 12.1. The van der Waals surface area contributed by atoms with Crippen LogP contribution >= 0.6 is 0 Å². The topological polar surface area (TPSA) is 56.8 Å². The van der Waals surface area contributed by atoms with Crippen molar-refractivity contribution >= 4 is 11.6 Å². The molecule has 5 heteroatoms. The molecule has 0 heterocycles. The van der Waals surface area contributed by atoms with Crippen molar-refractivity contribution in [3.8, 4) is 11.5 Å². The van der Waals surface area contributed by atoms with Crippen LogP contribution in [0.4, 0.5) is 5.69 Å². The fraction of sp³-hybridized carbons (Fsp3) is 0.350. The van der Waals surface area contributed by atoms with Gasteiger partial charge in [-0.05, 0) is 45.0 Å². The van der Waals surface area contributed by atoms with Gasteiger partial charge in [-0.15, -0.1) is 0 Å². The minimum Gasteiger partial charge on any atom is -0.490 e. The summed E-state index contributed by atoms with van der Waals surface area (Å²) in [6.07, 6.45) is -0.0110. The Labute approximate surface area is 148 Å². The molecule has 0 bridgehead atoms. The van der Waals surface area contributed by atoms with Crippen molar-refractivity contribution in [2.24, 2.45) is 0 Å². The van der Waals surface area contributed by atoms with Gasteiger partial charge in [-0.25, -0.2) is 0 Å². The molecule has 0 radical (unpaired) electrons. The van der Waals surface area contributed by atoms with E-state index in [0.717, 1.165) is 0 Å². The van der Waals surface area contributed by atoms with E-state index in [9.17, 15) is 4.79 Å². The Hall–Kier alpha value is -2.53. The zero-order valence-corrected chi connectivity index (χ0v) is 15.0. The minimum absolute atomic E-state index is 0.0110. The van der Waals surface area contributed by atoms with Crippen molar-refractivity contribution in [3.05, 3.63) is 54.1 Å². The van der Waals surface area contributed by atoms with Gasteiger partial charge in [0.2, 0.25) is 0 Å². The second-order valence-electron chi connectivity index (χ2n) is 5.66. The fourth-order valence-electron chi connectivity index (χ4n) is 2.25. The van der Waals surface area contributed by atoms with Crippen molar-refractivity contribution in [2.75, 3.05) is 25.1 Å². The van der Waals surface area contributed by atoms with E-state index in [0.29, 0.717) is 42.6 Å². The monoisotopic (exact) mass is 343 g/mol. The summed E-state index contributed by atoms with van der Waals surface area (Å²) in [7, 11) is 0. The molecule has 5 nitrogen and oxygen atoms in total. The number of carbonyl (C=O) groups is 1. The van der Waals surface area contributed by atoms with Crippen molar-refractivity contribution in [2.45, 2.75) is 26.9 Å². The Morgan fingerprint density at radius 1 is 1.00 bits per heavy atom. The molecule has 0 spiro atoms. The summed E-state index contributed by atoms with van der Waals surface area (Å²) in [4.78, 5) is 12.7. The number of benzene rings is 2. The maximum Gasteiger partial charge on any atom is 0.259 e. The summed E-state index contributed by atoms with van der Waals surface area (Å²) >= 11 is 0. The summed E-state index contributed by atoms with van der Waals surface area (Å²) < 4.78 is 16.7. The molecule has 0 aliphatic carbocycles. The van der Waals surface area contributed by atoms with Gasteiger partial charge >= 0.3 is 0 Å². The third-order valence-corrected chi connectivity index (χ3v) is 3.32. The smallest absolute Gasteiger partial charge is 0.259 e. The first-order valence-electron chi connectivity index (χ1n) is 8.48. The summed E-state index contributed by atoms with van der Waals surface area (Å²) in [6.45, 7) is 7.36. The van der Waals surface area contributed by atoms with Crippen LogP contribution in [0.1, 0.15) is 31.1 Å². The third-order valence-electron chi connectivity index (χ3n) is 3.32. The van der Waals surface area contributed by atoms with Crippen molar-refractivity contribution in [3.63, 3.8) is 0 Å². The molecule has 1 amide bonds. The van der Waals surface area contributed by atoms with Crippen LogP contribution in [0.25, 0.3) is 0 Å². The molecule has 0 unspecified atom stereocenters. The number of amides is 1. The number of anilines is 1. The zero-order valence-electron chi connectivity index (χ0n) is 15.0. The largest absolute Gasteiger partial charge is 0.490 e. The summed E-state index contributed by atoms with van der Waals surface area (Å²) in [5.41, 5.74) is 1.10. The van der Waals surface area contributed by atoms with Crippen LogP contribution in [0.3, 0.4) is 0 Å². The Morgan fingerprint density at radius 3 is 2.40 bits per heavy atom. The molecule has 2 aromatic carbocycles. The number of nitrogens with one attached hydrogen (secondary N) is 1. The van der Waals surface area contributed by atoms with Crippen molar-refractivity contribution in [1.82, 2.24) is 0 Å². The van der Waals surface area contributed by atoms with Crippen LogP contribution in [-0.2, 0) is 4.74 Å². The first-order valence-corrected chi connectivity index (χ1v) is 8.48. The number of para-hydroxylation sites is 3. The average Bonchev–Trinajstić information content (AvgIpc) is 2.60. The van der Waals surface area contributed by atoms with E-state index in [1.54, 1.807) is 18.2 Å². The van der Waals surface area contributed by atoms with Crippen molar-refractivity contribution < 1.29 is 19.0 Å². The molecule has 0 aromatic heterocycles. The number of hydrogen-bond donors (Lipinski definition) is 1. The van der Waals surface area contributed by atoms with E-state index in [1.165, 1.54) is 0 Å². The predicted octanol–water partition coefficient (Wildman–Crippen LogP) is 4.14. The fourth-order valence-corrected chi connectivity index (χ4v) is 2.25. The predicted molar refractivity (Wildman–Crippen MR) is 98.6 cm³/mol. The highest BCUT2D eigenvalue weighted by Gasteiger charge is 2.15. The summed E-state index contributed by atoms with van der Waals surface area (Å²) in [6, 6.07) is 14.5. The van der Waals surface area contributed by atoms with E-state index in [4.69, 9.17) is 14.2 Å². The van der Waals surface area contributed by atoms with Crippen LogP contribution in [0.5, 0.6) is 11.5 Å². The van der Waals surface area contributed by atoms with E-state index in [-0.39, 0.29) is 12.0 Å².